The summed E-state index contributed by atoms with van der Waals surface area (Å²) in [5.41, 5.74) is 2.78. The number of hydrogen-bond donors (Lipinski definition) is 1. The van der Waals surface area contributed by atoms with E-state index >= 15 is 0 Å². The average Bonchev–Trinajstić information content (AvgIpc) is 3.09. The Hall–Kier alpha value is -3.14. The van der Waals surface area contributed by atoms with Crippen molar-refractivity contribution >= 4 is 23.7 Å². The number of amides is 1. The van der Waals surface area contributed by atoms with Gasteiger partial charge >= 0.3 is 0 Å². The number of nitrogens with one attached hydrogen (secondary N) is 1. The van der Waals surface area contributed by atoms with E-state index in [1.54, 1.807) is 24.5 Å². The molecule has 22 heavy (non-hydrogen) atoms. The van der Waals surface area contributed by atoms with Crippen molar-refractivity contribution in [3.05, 3.63) is 84.1 Å². The van der Waals surface area contributed by atoms with Crippen molar-refractivity contribution in [2.75, 3.05) is 5.32 Å². The predicted octanol–water partition coefficient (Wildman–Crippen LogP) is 4.10. The number of pyridine rings is 1. The number of carbonyl (C=O) groups is 1. The minimum absolute atomic E-state index is 0.264. The summed E-state index contributed by atoms with van der Waals surface area (Å²) in [5, 5.41) is 2.81. The molecule has 0 saturated heterocycles. The third kappa shape index (κ3) is 3.49. The van der Waals surface area contributed by atoms with Gasteiger partial charge in [0.25, 0.3) is 5.91 Å². The number of rotatable bonds is 4. The van der Waals surface area contributed by atoms with Gasteiger partial charge in [-0.2, -0.15) is 0 Å². The second-order valence-corrected chi connectivity index (χ2v) is 4.67. The fourth-order valence-corrected chi connectivity index (χ4v) is 1.99. The highest BCUT2D eigenvalue weighted by molar-refractivity contribution is 6.02. The Kier molecular flexibility index (Phi) is 4.11. The van der Waals surface area contributed by atoms with E-state index in [-0.39, 0.29) is 11.7 Å². The van der Waals surface area contributed by atoms with Crippen molar-refractivity contribution in [1.29, 1.82) is 0 Å². The molecule has 1 aromatic carbocycles. The number of carbonyl (C=O) groups excluding carboxylic acids is 1. The van der Waals surface area contributed by atoms with Crippen molar-refractivity contribution in [1.82, 2.24) is 4.98 Å². The van der Waals surface area contributed by atoms with Gasteiger partial charge < -0.3 is 9.73 Å². The van der Waals surface area contributed by atoms with Crippen LogP contribution in [0.4, 0.5) is 5.69 Å². The first-order valence-corrected chi connectivity index (χ1v) is 6.84. The Morgan fingerprint density at radius 3 is 2.59 bits per heavy atom. The highest BCUT2D eigenvalue weighted by Crippen LogP contribution is 2.15. The van der Waals surface area contributed by atoms with Gasteiger partial charge in [0.15, 0.2) is 5.76 Å². The molecule has 0 atom stereocenters. The van der Waals surface area contributed by atoms with E-state index in [4.69, 9.17) is 4.42 Å². The normalized spacial score (nSPS) is 10.7. The molecule has 0 fully saturated rings. The van der Waals surface area contributed by atoms with Crippen molar-refractivity contribution in [2.45, 2.75) is 0 Å². The van der Waals surface area contributed by atoms with E-state index in [0.717, 1.165) is 16.8 Å². The maximum atomic E-state index is 11.9. The summed E-state index contributed by atoms with van der Waals surface area (Å²) < 4.78 is 5.07. The molecule has 3 rings (SSSR count). The molecular weight excluding hydrogens is 276 g/mol. The molecule has 0 saturated carbocycles. The Bertz CT molecular complexity index is 778. The Morgan fingerprint density at radius 1 is 1.00 bits per heavy atom. The maximum Gasteiger partial charge on any atom is 0.291 e. The molecule has 4 nitrogen and oxygen atoms in total. The molecule has 0 unspecified atom stereocenters. The van der Waals surface area contributed by atoms with Gasteiger partial charge in [-0.3, -0.25) is 9.78 Å². The van der Waals surface area contributed by atoms with Gasteiger partial charge in [0.05, 0.1) is 6.26 Å². The summed E-state index contributed by atoms with van der Waals surface area (Å²) in [7, 11) is 0. The van der Waals surface area contributed by atoms with Crippen LogP contribution in [0.3, 0.4) is 0 Å². The highest BCUT2D eigenvalue weighted by Gasteiger charge is 2.08. The first kappa shape index (κ1) is 13.8. The van der Waals surface area contributed by atoms with Crippen LogP contribution < -0.4 is 5.32 Å². The fraction of sp³-hybridized carbons (Fsp3) is 0. The van der Waals surface area contributed by atoms with Gasteiger partial charge in [-0.25, -0.2) is 0 Å². The lowest BCUT2D eigenvalue weighted by atomic mass is 10.1. The van der Waals surface area contributed by atoms with Crippen LogP contribution in [0.25, 0.3) is 12.2 Å². The molecule has 108 valence electrons. The van der Waals surface area contributed by atoms with Gasteiger partial charge in [0, 0.05) is 18.1 Å². The monoisotopic (exact) mass is 290 g/mol. The molecule has 0 aliphatic carbocycles. The standard InChI is InChI=1S/C18H14N2O2/c21-18(17-5-2-12-22-17)20-16-4-1-3-15(13-16)7-6-14-8-10-19-11-9-14/h1-13H,(H,20,21)/b7-6+. The van der Waals surface area contributed by atoms with Crippen molar-refractivity contribution in [2.24, 2.45) is 0 Å². The molecule has 4 heteroatoms. The van der Waals surface area contributed by atoms with Crippen LogP contribution in [0.2, 0.25) is 0 Å². The van der Waals surface area contributed by atoms with Gasteiger partial charge in [-0.15, -0.1) is 0 Å². The molecule has 2 aromatic heterocycles. The quantitative estimate of drug-likeness (QED) is 0.787. The highest BCUT2D eigenvalue weighted by atomic mass is 16.3. The number of hydrogen-bond acceptors (Lipinski definition) is 3. The minimum Gasteiger partial charge on any atom is -0.459 e. The maximum absolute atomic E-state index is 11.9. The summed E-state index contributed by atoms with van der Waals surface area (Å²) >= 11 is 0. The summed E-state index contributed by atoms with van der Waals surface area (Å²) in [4.78, 5) is 15.9. The Morgan fingerprint density at radius 2 is 1.82 bits per heavy atom. The molecule has 0 spiro atoms. The van der Waals surface area contributed by atoms with E-state index < -0.39 is 0 Å². The molecular formula is C18H14N2O2. The third-order valence-electron chi connectivity index (χ3n) is 3.06. The van der Waals surface area contributed by atoms with Crippen LogP contribution in [0.5, 0.6) is 0 Å². The van der Waals surface area contributed by atoms with Crippen molar-refractivity contribution in [3.63, 3.8) is 0 Å². The molecule has 0 aliphatic heterocycles. The second kappa shape index (κ2) is 6.54. The Labute approximate surface area is 128 Å². The van der Waals surface area contributed by atoms with Crippen LogP contribution in [0, 0.1) is 0 Å². The van der Waals surface area contributed by atoms with Crippen LogP contribution in [0.1, 0.15) is 21.7 Å². The number of benzene rings is 1. The Balaban J connectivity index is 1.73. The van der Waals surface area contributed by atoms with E-state index in [9.17, 15) is 4.79 Å². The summed E-state index contributed by atoms with van der Waals surface area (Å²) in [6.45, 7) is 0. The van der Waals surface area contributed by atoms with E-state index in [0.29, 0.717) is 0 Å². The number of nitrogens with zero attached hydrogens (tertiary/aromatic N) is 1. The van der Waals surface area contributed by atoms with Crippen LogP contribution >= 0.6 is 0 Å². The van der Waals surface area contributed by atoms with Crippen LogP contribution in [0.15, 0.2) is 71.6 Å². The molecule has 1 N–H and O–H groups in total. The zero-order valence-electron chi connectivity index (χ0n) is 11.8. The zero-order chi connectivity index (χ0) is 15.2. The average molecular weight is 290 g/mol. The third-order valence-corrected chi connectivity index (χ3v) is 3.06. The SMILES string of the molecule is O=C(Nc1cccc(/C=C/c2ccncc2)c1)c1ccco1. The van der Waals surface area contributed by atoms with Crippen LogP contribution in [-0.4, -0.2) is 10.9 Å². The molecule has 0 bridgehead atoms. The molecule has 0 aliphatic rings. The lowest BCUT2D eigenvalue weighted by molar-refractivity contribution is 0.0996. The lowest BCUT2D eigenvalue weighted by Gasteiger charge is -2.04. The largest absolute Gasteiger partial charge is 0.459 e. The van der Waals surface area contributed by atoms with Gasteiger partial charge in [0.2, 0.25) is 0 Å². The topological polar surface area (TPSA) is 55.1 Å². The number of anilines is 1. The number of furan rings is 1. The van der Waals surface area contributed by atoms with Gasteiger partial charge in [-0.05, 0) is 47.5 Å². The fourth-order valence-electron chi connectivity index (χ4n) is 1.99. The van der Waals surface area contributed by atoms with Crippen LogP contribution in [-0.2, 0) is 0 Å². The molecule has 3 aromatic rings. The molecule has 2 heterocycles. The second-order valence-electron chi connectivity index (χ2n) is 4.67. The van der Waals surface area contributed by atoms with Gasteiger partial charge in [0.1, 0.15) is 0 Å². The number of aromatic nitrogens is 1. The predicted molar refractivity (Wildman–Crippen MR) is 86.3 cm³/mol. The summed E-state index contributed by atoms with van der Waals surface area (Å²) in [6, 6.07) is 14.8. The first-order valence-electron chi connectivity index (χ1n) is 6.84. The summed E-state index contributed by atoms with van der Waals surface area (Å²) in [5.74, 6) is 0.0259. The van der Waals surface area contributed by atoms with E-state index in [2.05, 4.69) is 10.3 Å². The molecule has 0 radical (unpaired) electrons. The first-order chi connectivity index (χ1) is 10.8. The minimum atomic E-state index is -0.264. The summed E-state index contributed by atoms with van der Waals surface area (Å²) in [6.07, 6.45) is 8.95. The zero-order valence-corrected chi connectivity index (χ0v) is 11.8. The lowest BCUT2D eigenvalue weighted by Crippen LogP contribution is -2.10. The van der Waals surface area contributed by atoms with Crippen molar-refractivity contribution < 1.29 is 9.21 Å². The molecule has 1 amide bonds. The smallest absolute Gasteiger partial charge is 0.291 e. The van der Waals surface area contributed by atoms with E-state index in [1.807, 2.05) is 48.6 Å². The van der Waals surface area contributed by atoms with Crippen molar-refractivity contribution in [3.8, 4) is 0 Å². The van der Waals surface area contributed by atoms with E-state index in [1.165, 1.54) is 6.26 Å². The van der Waals surface area contributed by atoms with Gasteiger partial charge in [-0.1, -0.05) is 24.3 Å².